The molecule has 0 saturated heterocycles. The molecule has 0 fully saturated rings. The molecule has 1 unspecified atom stereocenters. The lowest BCUT2D eigenvalue weighted by Crippen LogP contribution is -2.11. The Kier molecular flexibility index (Phi) is 7.80. The monoisotopic (exact) mass is 532 g/mol. The number of aromatic nitrogens is 1. The fourth-order valence-electron chi connectivity index (χ4n) is 6.47. The Morgan fingerprint density at radius 3 is 2.25 bits per heavy atom. The summed E-state index contributed by atoms with van der Waals surface area (Å²) in [6.07, 6.45) is 4.73. The summed E-state index contributed by atoms with van der Waals surface area (Å²) in [5.41, 5.74) is 8.46. The first-order chi connectivity index (χ1) is 19.3. The Morgan fingerprint density at radius 2 is 1.60 bits per heavy atom. The van der Waals surface area contributed by atoms with Gasteiger partial charge in [0.05, 0.1) is 11.2 Å². The van der Waals surface area contributed by atoms with Crippen molar-refractivity contribution in [3.05, 3.63) is 94.0 Å². The molecule has 1 atom stereocenters. The molecule has 1 N–H and O–H groups in total. The molecular weight excluding hydrogens is 492 g/mol. The predicted molar refractivity (Wildman–Crippen MR) is 168 cm³/mol. The summed E-state index contributed by atoms with van der Waals surface area (Å²) in [6.45, 7) is 13.4. The third-order valence-electron chi connectivity index (χ3n) is 8.56. The maximum atomic E-state index is 14.3. The van der Waals surface area contributed by atoms with Crippen molar-refractivity contribution in [1.29, 1.82) is 0 Å². The molecule has 0 aliphatic heterocycles. The summed E-state index contributed by atoms with van der Waals surface area (Å²) in [4.78, 5) is 14.3. The number of ketones is 1. The van der Waals surface area contributed by atoms with Crippen molar-refractivity contribution in [2.45, 2.75) is 73.8 Å². The molecule has 0 spiro atoms. The van der Waals surface area contributed by atoms with E-state index in [1.54, 1.807) is 0 Å². The summed E-state index contributed by atoms with van der Waals surface area (Å²) < 4.78 is 2.47. The van der Waals surface area contributed by atoms with Crippen LogP contribution >= 0.6 is 0 Å². The van der Waals surface area contributed by atoms with Crippen LogP contribution in [0.1, 0.15) is 84.6 Å². The van der Waals surface area contributed by atoms with Crippen molar-refractivity contribution in [2.24, 2.45) is 11.1 Å². The van der Waals surface area contributed by atoms with E-state index in [0.717, 1.165) is 73.4 Å². The van der Waals surface area contributed by atoms with Gasteiger partial charge in [-0.1, -0.05) is 86.3 Å². The standard InChI is InChI=1S/C36H40N2O2/c1-7-9-12-26(8-2)21-38-33-16-15-27(25(6)37-40)19-30(33)31-20-32(28-13-10-11-14-29(28)35(31)38)36(39)34-23(4)17-22(3)18-24(34)5/h10-11,13-20,26,40H,7-9,12,21H2,1-6H3. The maximum Gasteiger partial charge on any atom is 0.194 e. The minimum absolute atomic E-state index is 0.0626. The average molecular weight is 533 g/mol. The van der Waals surface area contributed by atoms with Crippen LogP contribution in [0.5, 0.6) is 0 Å². The third kappa shape index (κ3) is 4.81. The van der Waals surface area contributed by atoms with Gasteiger partial charge in [0.2, 0.25) is 0 Å². The van der Waals surface area contributed by atoms with Gasteiger partial charge >= 0.3 is 0 Å². The summed E-state index contributed by atoms with van der Waals surface area (Å²) >= 11 is 0. The molecule has 4 heteroatoms. The van der Waals surface area contributed by atoms with E-state index in [1.807, 2.05) is 32.9 Å². The molecule has 1 heterocycles. The van der Waals surface area contributed by atoms with E-state index in [-0.39, 0.29) is 5.78 Å². The number of nitrogens with zero attached hydrogens (tertiary/aromatic N) is 2. The highest BCUT2D eigenvalue weighted by atomic mass is 16.4. The van der Waals surface area contributed by atoms with Gasteiger partial charge in [-0.3, -0.25) is 4.79 Å². The molecule has 206 valence electrons. The third-order valence-corrected chi connectivity index (χ3v) is 8.56. The Morgan fingerprint density at radius 1 is 0.900 bits per heavy atom. The van der Waals surface area contributed by atoms with Crippen LogP contribution < -0.4 is 0 Å². The lowest BCUT2D eigenvalue weighted by molar-refractivity contribution is 0.103. The normalized spacial score (nSPS) is 13.0. The van der Waals surface area contributed by atoms with Crippen molar-refractivity contribution in [3.63, 3.8) is 0 Å². The van der Waals surface area contributed by atoms with Crippen molar-refractivity contribution in [2.75, 3.05) is 0 Å². The summed E-state index contributed by atoms with van der Waals surface area (Å²) in [7, 11) is 0. The number of carbonyl (C=O) groups is 1. The molecule has 4 nitrogen and oxygen atoms in total. The summed E-state index contributed by atoms with van der Waals surface area (Å²) in [5, 5.41) is 17.2. The van der Waals surface area contributed by atoms with Gasteiger partial charge < -0.3 is 9.77 Å². The van der Waals surface area contributed by atoms with Crippen molar-refractivity contribution < 1.29 is 10.0 Å². The highest BCUT2D eigenvalue weighted by Gasteiger charge is 2.23. The highest BCUT2D eigenvalue weighted by Crippen LogP contribution is 2.39. The number of aryl methyl sites for hydroxylation is 3. The van der Waals surface area contributed by atoms with Gasteiger partial charge in [0.25, 0.3) is 0 Å². The molecule has 5 aromatic rings. The lowest BCUT2D eigenvalue weighted by Gasteiger charge is -2.19. The zero-order valence-corrected chi connectivity index (χ0v) is 24.6. The van der Waals surface area contributed by atoms with E-state index in [0.29, 0.717) is 11.6 Å². The van der Waals surface area contributed by atoms with Gasteiger partial charge in [-0.25, -0.2) is 0 Å². The number of unbranched alkanes of at least 4 members (excludes halogenated alkanes) is 1. The van der Waals surface area contributed by atoms with Crippen molar-refractivity contribution >= 4 is 44.1 Å². The number of oxime groups is 1. The Labute approximate surface area is 237 Å². The first-order valence-corrected chi connectivity index (χ1v) is 14.6. The maximum absolute atomic E-state index is 14.3. The second-order valence-electron chi connectivity index (χ2n) is 11.4. The second kappa shape index (κ2) is 11.3. The average Bonchev–Trinajstić information content (AvgIpc) is 3.26. The van der Waals surface area contributed by atoms with E-state index in [1.165, 1.54) is 24.8 Å². The SMILES string of the molecule is CCCCC(CC)Cn1c2ccc(C(C)=NO)cc2c2cc(C(=O)c3c(C)cc(C)cc3C)c3ccccc3c21. The molecular formula is C36H40N2O2. The number of benzene rings is 4. The van der Waals surface area contributed by atoms with Crippen molar-refractivity contribution in [1.82, 2.24) is 4.57 Å². The lowest BCUT2D eigenvalue weighted by atomic mass is 9.89. The molecule has 5 rings (SSSR count). The van der Waals surface area contributed by atoms with Gasteiger partial charge in [0, 0.05) is 39.3 Å². The Hall–Kier alpha value is -3.92. The minimum Gasteiger partial charge on any atom is -0.411 e. The second-order valence-corrected chi connectivity index (χ2v) is 11.4. The topological polar surface area (TPSA) is 54.6 Å². The van der Waals surface area contributed by atoms with Crippen LogP contribution in [0.2, 0.25) is 0 Å². The van der Waals surface area contributed by atoms with Gasteiger partial charge in [0.15, 0.2) is 5.78 Å². The molecule has 0 aliphatic rings. The van der Waals surface area contributed by atoms with E-state index >= 15 is 0 Å². The number of carbonyl (C=O) groups excluding carboxylic acids is 1. The number of fused-ring (bicyclic) bond motifs is 5. The van der Waals surface area contributed by atoms with Crippen LogP contribution in [0.3, 0.4) is 0 Å². The zero-order valence-electron chi connectivity index (χ0n) is 24.6. The molecule has 0 saturated carbocycles. The van der Waals surface area contributed by atoms with Crippen molar-refractivity contribution in [3.8, 4) is 0 Å². The quantitative estimate of drug-likeness (QED) is 0.0889. The van der Waals surface area contributed by atoms with Crippen LogP contribution in [0.4, 0.5) is 0 Å². The van der Waals surface area contributed by atoms with Crippen LogP contribution in [-0.4, -0.2) is 21.3 Å². The van der Waals surface area contributed by atoms with Crippen LogP contribution in [-0.2, 0) is 6.54 Å². The number of hydrogen-bond acceptors (Lipinski definition) is 3. The molecule has 0 amide bonds. The Balaban J connectivity index is 1.86. The zero-order chi connectivity index (χ0) is 28.6. The van der Waals surface area contributed by atoms with Gasteiger partial charge in [-0.05, 0) is 80.3 Å². The molecule has 0 radical (unpaired) electrons. The van der Waals surface area contributed by atoms with Crippen LogP contribution in [0.15, 0.2) is 65.8 Å². The molecule has 40 heavy (non-hydrogen) atoms. The van der Waals surface area contributed by atoms with Gasteiger partial charge in [-0.15, -0.1) is 0 Å². The highest BCUT2D eigenvalue weighted by molar-refractivity contribution is 6.26. The minimum atomic E-state index is 0.0626. The first kappa shape index (κ1) is 27.6. The van der Waals surface area contributed by atoms with E-state index in [4.69, 9.17) is 0 Å². The molecule has 4 aromatic carbocycles. The largest absolute Gasteiger partial charge is 0.411 e. The fourth-order valence-corrected chi connectivity index (χ4v) is 6.47. The summed E-state index contributed by atoms with van der Waals surface area (Å²) in [5.74, 6) is 0.629. The fraction of sp³-hybridized carbons (Fsp3) is 0.333. The Bertz CT molecular complexity index is 1750. The van der Waals surface area contributed by atoms with E-state index < -0.39 is 0 Å². The molecule has 0 aliphatic carbocycles. The van der Waals surface area contributed by atoms with E-state index in [9.17, 15) is 10.0 Å². The van der Waals surface area contributed by atoms with Gasteiger partial charge in [-0.2, -0.15) is 0 Å². The van der Waals surface area contributed by atoms with Crippen LogP contribution in [0, 0.1) is 26.7 Å². The van der Waals surface area contributed by atoms with Crippen LogP contribution in [0.25, 0.3) is 32.6 Å². The molecule has 1 aromatic heterocycles. The summed E-state index contributed by atoms with van der Waals surface area (Å²) in [6, 6.07) is 20.9. The smallest absolute Gasteiger partial charge is 0.194 e. The van der Waals surface area contributed by atoms with Gasteiger partial charge in [0.1, 0.15) is 0 Å². The number of hydrogen-bond donors (Lipinski definition) is 1. The number of rotatable bonds is 9. The predicted octanol–water partition coefficient (Wildman–Crippen LogP) is 9.52. The van der Waals surface area contributed by atoms with E-state index in [2.05, 4.69) is 79.0 Å². The molecule has 0 bridgehead atoms. The first-order valence-electron chi connectivity index (χ1n) is 14.6.